The highest BCUT2D eigenvalue weighted by Gasteiger charge is 2.11. The highest BCUT2D eigenvalue weighted by Crippen LogP contribution is 2.06. The van der Waals surface area contributed by atoms with Crippen molar-refractivity contribution in [2.45, 2.75) is 26.4 Å². The third-order valence-electron chi connectivity index (χ3n) is 2.23. The van der Waals surface area contributed by atoms with Crippen LogP contribution in [0.2, 0.25) is 0 Å². The van der Waals surface area contributed by atoms with Crippen LogP contribution in [0.15, 0.2) is 18.3 Å². The number of Topliss-reactive ketones (excluding diaryl/α,β-unsaturated/α-hetero) is 1. The normalized spacial score (nSPS) is 11.8. The minimum Gasteiger partial charge on any atom is -0.373 e. The summed E-state index contributed by atoms with van der Waals surface area (Å²) in [7, 11) is 1.84. The summed E-state index contributed by atoms with van der Waals surface area (Å²) in [6.07, 6.45) is 1.84. The van der Waals surface area contributed by atoms with Gasteiger partial charge in [0.25, 0.3) is 0 Å². The SMILES string of the molecule is Cn1cccc1C(=O)COCCOC(C)(C)C. The lowest BCUT2D eigenvalue weighted by Gasteiger charge is -2.19. The molecule has 1 heterocycles. The molecule has 0 aliphatic carbocycles. The number of aryl methyl sites for hydroxylation is 1. The lowest BCUT2D eigenvalue weighted by atomic mass is 10.2. The third-order valence-corrected chi connectivity index (χ3v) is 2.23. The zero-order valence-corrected chi connectivity index (χ0v) is 11.0. The molecule has 1 aromatic rings. The van der Waals surface area contributed by atoms with Gasteiger partial charge in [-0.05, 0) is 32.9 Å². The largest absolute Gasteiger partial charge is 0.373 e. The number of aromatic nitrogens is 1. The molecule has 0 bridgehead atoms. The van der Waals surface area contributed by atoms with Gasteiger partial charge in [0.15, 0.2) is 0 Å². The summed E-state index contributed by atoms with van der Waals surface area (Å²) in [6, 6.07) is 3.63. The van der Waals surface area contributed by atoms with Crippen LogP contribution in [0.3, 0.4) is 0 Å². The van der Waals surface area contributed by atoms with Gasteiger partial charge in [0.2, 0.25) is 5.78 Å². The van der Waals surface area contributed by atoms with E-state index in [4.69, 9.17) is 9.47 Å². The Labute approximate surface area is 103 Å². The summed E-state index contributed by atoms with van der Waals surface area (Å²) in [5.74, 6) is -0.00624. The van der Waals surface area contributed by atoms with Crippen molar-refractivity contribution in [3.8, 4) is 0 Å². The Morgan fingerprint density at radius 2 is 2.06 bits per heavy atom. The molecule has 4 heteroatoms. The number of hydrogen-bond donors (Lipinski definition) is 0. The molecular formula is C13H21NO3. The topological polar surface area (TPSA) is 40.5 Å². The summed E-state index contributed by atoms with van der Waals surface area (Å²) in [6.45, 7) is 7.01. The monoisotopic (exact) mass is 239 g/mol. The minimum atomic E-state index is -0.161. The fourth-order valence-corrected chi connectivity index (χ4v) is 1.40. The first-order valence-electron chi connectivity index (χ1n) is 5.76. The van der Waals surface area contributed by atoms with Crippen LogP contribution in [0.25, 0.3) is 0 Å². The van der Waals surface area contributed by atoms with Gasteiger partial charge in [0.1, 0.15) is 6.61 Å². The molecule has 1 aromatic heterocycles. The van der Waals surface area contributed by atoms with E-state index in [9.17, 15) is 4.79 Å². The van der Waals surface area contributed by atoms with Crippen molar-refractivity contribution < 1.29 is 14.3 Å². The Morgan fingerprint density at radius 3 is 2.59 bits per heavy atom. The quantitative estimate of drug-likeness (QED) is 0.563. The van der Waals surface area contributed by atoms with Crippen LogP contribution in [0.5, 0.6) is 0 Å². The molecule has 0 atom stereocenters. The van der Waals surface area contributed by atoms with Gasteiger partial charge in [-0.3, -0.25) is 4.79 Å². The van der Waals surface area contributed by atoms with E-state index in [0.29, 0.717) is 18.9 Å². The Kier molecular flexibility index (Phi) is 4.90. The molecule has 96 valence electrons. The maximum absolute atomic E-state index is 11.7. The Bertz CT molecular complexity index is 363. The minimum absolute atomic E-state index is 0.00624. The van der Waals surface area contributed by atoms with Gasteiger partial charge in [-0.1, -0.05) is 0 Å². The molecule has 0 saturated heterocycles. The number of ketones is 1. The zero-order valence-electron chi connectivity index (χ0n) is 11.0. The first-order valence-corrected chi connectivity index (χ1v) is 5.76. The molecule has 0 aromatic carbocycles. The second kappa shape index (κ2) is 5.98. The number of rotatable bonds is 6. The van der Waals surface area contributed by atoms with E-state index in [-0.39, 0.29) is 18.0 Å². The van der Waals surface area contributed by atoms with Gasteiger partial charge < -0.3 is 14.0 Å². The van der Waals surface area contributed by atoms with Crippen LogP contribution in [-0.4, -0.2) is 35.8 Å². The van der Waals surface area contributed by atoms with Crippen molar-refractivity contribution in [2.24, 2.45) is 7.05 Å². The molecule has 0 amide bonds. The molecule has 0 fully saturated rings. The number of carbonyl (C=O) groups excluding carboxylic acids is 1. The lowest BCUT2D eigenvalue weighted by Crippen LogP contribution is -2.22. The summed E-state index contributed by atoms with van der Waals surface area (Å²) in [5, 5.41) is 0. The van der Waals surface area contributed by atoms with Crippen molar-refractivity contribution in [2.75, 3.05) is 19.8 Å². The van der Waals surface area contributed by atoms with Crippen LogP contribution < -0.4 is 0 Å². The lowest BCUT2D eigenvalue weighted by molar-refractivity contribution is -0.0324. The second-order valence-corrected chi connectivity index (χ2v) is 4.94. The summed E-state index contributed by atoms with van der Waals surface area (Å²) in [5.41, 5.74) is 0.507. The maximum Gasteiger partial charge on any atom is 0.204 e. The van der Waals surface area contributed by atoms with Crippen molar-refractivity contribution in [3.05, 3.63) is 24.0 Å². The molecule has 0 aliphatic heterocycles. The van der Waals surface area contributed by atoms with E-state index < -0.39 is 0 Å². The maximum atomic E-state index is 11.7. The first kappa shape index (κ1) is 13.9. The van der Waals surface area contributed by atoms with Crippen LogP contribution in [0.4, 0.5) is 0 Å². The molecule has 0 spiro atoms. The highest BCUT2D eigenvalue weighted by molar-refractivity contribution is 5.95. The highest BCUT2D eigenvalue weighted by atomic mass is 16.5. The molecule has 17 heavy (non-hydrogen) atoms. The van der Waals surface area contributed by atoms with Crippen molar-refractivity contribution in [1.82, 2.24) is 4.57 Å². The Balaban J connectivity index is 2.20. The van der Waals surface area contributed by atoms with E-state index in [2.05, 4.69) is 0 Å². The summed E-state index contributed by atoms with van der Waals surface area (Å²) < 4.78 is 12.6. The van der Waals surface area contributed by atoms with Crippen LogP contribution in [0.1, 0.15) is 31.3 Å². The second-order valence-electron chi connectivity index (χ2n) is 4.94. The number of ether oxygens (including phenoxy) is 2. The standard InChI is InChI=1S/C13H21NO3/c1-13(2,3)17-9-8-16-10-12(15)11-6-5-7-14(11)4/h5-7H,8-10H2,1-4H3. The van der Waals surface area contributed by atoms with Crippen molar-refractivity contribution in [3.63, 3.8) is 0 Å². The van der Waals surface area contributed by atoms with Gasteiger partial charge in [-0.2, -0.15) is 0 Å². The fourth-order valence-electron chi connectivity index (χ4n) is 1.40. The number of hydrogen-bond acceptors (Lipinski definition) is 3. The van der Waals surface area contributed by atoms with Gasteiger partial charge in [0.05, 0.1) is 24.5 Å². The van der Waals surface area contributed by atoms with Gasteiger partial charge in [0, 0.05) is 13.2 Å². The molecule has 4 nitrogen and oxygen atoms in total. The average molecular weight is 239 g/mol. The number of carbonyl (C=O) groups is 1. The molecule has 0 aliphatic rings. The smallest absolute Gasteiger partial charge is 0.204 e. The van der Waals surface area contributed by atoms with E-state index in [0.717, 1.165) is 0 Å². The predicted molar refractivity (Wildman–Crippen MR) is 66.3 cm³/mol. The Morgan fingerprint density at radius 1 is 1.35 bits per heavy atom. The van der Waals surface area contributed by atoms with Crippen LogP contribution in [0, 0.1) is 0 Å². The van der Waals surface area contributed by atoms with E-state index >= 15 is 0 Å². The fraction of sp³-hybridized carbons (Fsp3) is 0.615. The van der Waals surface area contributed by atoms with Crippen LogP contribution >= 0.6 is 0 Å². The first-order chi connectivity index (χ1) is 7.90. The van der Waals surface area contributed by atoms with Crippen molar-refractivity contribution in [1.29, 1.82) is 0 Å². The zero-order chi connectivity index (χ0) is 12.9. The van der Waals surface area contributed by atoms with Gasteiger partial charge in [-0.15, -0.1) is 0 Å². The van der Waals surface area contributed by atoms with E-state index in [1.807, 2.05) is 40.1 Å². The Hall–Kier alpha value is -1.13. The molecule has 0 unspecified atom stereocenters. The van der Waals surface area contributed by atoms with Gasteiger partial charge in [-0.25, -0.2) is 0 Å². The average Bonchev–Trinajstić information content (AvgIpc) is 2.62. The van der Waals surface area contributed by atoms with Crippen LogP contribution in [-0.2, 0) is 16.5 Å². The van der Waals surface area contributed by atoms with E-state index in [1.54, 1.807) is 10.6 Å². The molecule has 0 saturated carbocycles. The van der Waals surface area contributed by atoms with E-state index in [1.165, 1.54) is 0 Å². The van der Waals surface area contributed by atoms with Gasteiger partial charge >= 0.3 is 0 Å². The molecule has 0 N–H and O–H groups in total. The van der Waals surface area contributed by atoms with Crippen molar-refractivity contribution >= 4 is 5.78 Å². The predicted octanol–water partition coefficient (Wildman–Crippen LogP) is 2.04. The molecule has 1 rings (SSSR count). The number of nitrogens with zero attached hydrogens (tertiary/aromatic N) is 1. The third kappa shape index (κ3) is 5.15. The summed E-state index contributed by atoms with van der Waals surface area (Å²) in [4.78, 5) is 11.7. The summed E-state index contributed by atoms with van der Waals surface area (Å²) >= 11 is 0. The molecular weight excluding hydrogens is 218 g/mol. The molecule has 0 radical (unpaired) electrons.